The molecule has 0 aliphatic carbocycles. The number of benzene rings is 2. The van der Waals surface area contributed by atoms with Gasteiger partial charge in [-0.15, -0.1) is 0 Å². The van der Waals surface area contributed by atoms with E-state index >= 15 is 0 Å². The summed E-state index contributed by atoms with van der Waals surface area (Å²) in [6.07, 6.45) is 1.15. The van der Waals surface area contributed by atoms with Gasteiger partial charge in [0.15, 0.2) is 0 Å². The Morgan fingerprint density at radius 2 is 1.91 bits per heavy atom. The van der Waals surface area contributed by atoms with Gasteiger partial charge < -0.3 is 9.67 Å². The second-order valence-electron chi connectivity index (χ2n) is 6.28. The first-order valence-electron chi connectivity index (χ1n) is 8.29. The van der Waals surface area contributed by atoms with Crippen LogP contribution >= 0.6 is 0 Å². The smallest absolute Gasteiger partial charge is 0.139 e. The number of imidazole rings is 1. The van der Waals surface area contributed by atoms with Crippen molar-refractivity contribution in [1.29, 1.82) is 0 Å². The van der Waals surface area contributed by atoms with Crippen molar-refractivity contribution in [3.63, 3.8) is 0 Å². The molecule has 0 aliphatic rings. The Kier molecular flexibility index (Phi) is 4.49. The maximum Gasteiger partial charge on any atom is 0.139 e. The predicted octanol–water partition coefficient (Wildman–Crippen LogP) is 4.53. The largest absolute Gasteiger partial charge is 0.385 e. The van der Waals surface area contributed by atoms with Crippen molar-refractivity contribution in [2.75, 3.05) is 0 Å². The third-order valence-electron chi connectivity index (χ3n) is 4.38. The molecule has 0 saturated carbocycles. The van der Waals surface area contributed by atoms with E-state index in [1.807, 2.05) is 18.2 Å². The fraction of sp³-hybridized carbons (Fsp3) is 0.350. The molecule has 1 atom stereocenters. The molecule has 3 rings (SSSR count). The van der Waals surface area contributed by atoms with E-state index in [2.05, 4.69) is 49.6 Å². The molecule has 3 nitrogen and oxygen atoms in total. The molecule has 0 bridgehead atoms. The molecule has 0 spiro atoms. The van der Waals surface area contributed by atoms with E-state index < -0.39 is 6.10 Å². The molecule has 0 amide bonds. The van der Waals surface area contributed by atoms with Gasteiger partial charge in [-0.1, -0.05) is 49.2 Å². The summed E-state index contributed by atoms with van der Waals surface area (Å²) in [5.41, 5.74) is 5.83. The second-order valence-corrected chi connectivity index (χ2v) is 6.28. The summed E-state index contributed by atoms with van der Waals surface area (Å²) in [6.45, 7) is 7.07. The van der Waals surface area contributed by atoms with Gasteiger partial charge in [0.1, 0.15) is 11.9 Å². The van der Waals surface area contributed by atoms with Gasteiger partial charge in [0.05, 0.1) is 11.0 Å². The highest BCUT2D eigenvalue weighted by Crippen LogP contribution is 2.25. The van der Waals surface area contributed by atoms with Crippen LogP contribution in [0.3, 0.4) is 0 Å². The molecular formula is C20H24N2O. The molecular weight excluding hydrogens is 284 g/mol. The van der Waals surface area contributed by atoms with Crippen molar-refractivity contribution in [3.05, 3.63) is 65.0 Å². The van der Waals surface area contributed by atoms with Crippen LogP contribution < -0.4 is 0 Å². The van der Waals surface area contributed by atoms with Gasteiger partial charge in [-0.25, -0.2) is 4.98 Å². The van der Waals surface area contributed by atoms with Crippen molar-refractivity contribution in [2.24, 2.45) is 0 Å². The maximum atomic E-state index is 10.5. The molecule has 1 heterocycles. The van der Waals surface area contributed by atoms with E-state index in [1.54, 1.807) is 0 Å². The van der Waals surface area contributed by atoms with Gasteiger partial charge >= 0.3 is 0 Å². The van der Waals surface area contributed by atoms with Gasteiger partial charge in [-0.05, 0) is 43.5 Å². The highest BCUT2D eigenvalue weighted by atomic mass is 16.3. The van der Waals surface area contributed by atoms with Crippen LogP contribution in [0.2, 0.25) is 0 Å². The fourth-order valence-corrected chi connectivity index (χ4v) is 3.06. The monoisotopic (exact) mass is 308 g/mol. The second kappa shape index (κ2) is 6.55. The van der Waals surface area contributed by atoms with Crippen LogP contribution in [0.15, 0.2) is 42.5 Å². The zero-order valence-corrected chi connectivity index (χ0v) is 14.1. The molecule has 3 heteroatoms. The van der Waals surface area contributed by atoms with E-state index in [0.29, 0.717) is 0 Å². The molecule has 23 heavy (non-hydrogen) atoms. The lowest BCUT2D eigenvalue weighted by molar-refractivity contribution is 0.153. The summed E-state index contributed by atoms with van der Waals surface area (Å²) in [5.74, 6) is 0.772. The van der Waals surface area contributed by atoms with Crippen LogP contribution in [0.25, 0.3) is 11.0 Å². The van der Waals surface area contributed by atoms with Crippen LogP contribution in [-0.2, 0) is 6.54 Å². The minimum atomic E-state index is -0.516. The van der Waals surface area contributed by atoms with E-state index in [0.717, 1.165) is 36.2 Å². The summed E-state index contributed by atoms with van der Waals surface area (Å²) in [6, 6.07) is 14.6. The summed E-state index contributed by atoms with van der Waals surface area (Å²) >= 11 is 0. The molecule has 1 aromatic heterocycles. The molecule has 0 fully saturated rings. The number of para-hydroxylation sites is 2. The Hall–Kier alpha value is -2.13. The average Bonchev–Trinajstić information content (AvgIpc) is 2.90. The first kappa shape index (κ1) is 15.8. The molecule has 2 aromatic carbocycles. The normalized spacial score (nSPS) is 12.7. The van der Waals surface area contributed by atoms with E-state index in [-0.39, 0.29) is 0 Å². The third kappa shape index (κ3) is 3.15. The highest BCUT2D eigenvalue weighted by Gasteiger charge is 2.18. The van der Waals surface area contributed by atoms with Crippen molar-refractivity contribution in [3.8, 4) is 0 Å². The lowest BCUT2D eigenvalue weighted by Crippen LogP contribution is -2.11. The number of aryl methyl sites for hydroxylation is 2. The number of hydrogen-bond acceptors (Lipinski definition) is 2. The zero-order chi connectivity index (χ0) is 16.4. The van der Waals surface area contributed by atoms with Crippen LogP contribution in [0.4, 0.5) is 0 Å². The van der Waals surface area contributed by atoms with Crippen molar-refractivity contribution < 1.29 is 5.11 Å². The van der Waals surface area contributed by atoms with Crippen molar-refractivity contribution in [2.45, 2.75) is 46.3 Å². The van der Waals surface area contributed by atoms with Gasteiger partial charge in [0.25, 0.3) is 0 Å². The number of aliphatic hydroxyl groups excluding tert-OH is 1. The quantitative estimate of drug-likeness (QED) is 0.751. The van der Waals surface area contributed by atoms with Crippen LogP contribution in [0.5, 0.6) is 0 Å². The summed E-state index contributed by atoms with van der Waals surface area (Å²) in [5, 5.41) is 10.5. The lowest BCUT2D eigenvalue weighted by atomic mass is 10.1. The minimum Gasteiger partial charge on any atom is -0.385 e. The zero-order valence-electron chi connectivity index (χ0n) is 14.1. The summed E-state index contributed by atoms with van der Waals surface area (Å²) in [7, 11) is 0. The SMILES string of the molecule is CCCC(O)c1nc2ccccc2n1Cc1cc(C)ccc1C. The molecule has 0 radical (unpaired) electrons. The minimum absolute atomic E-state index is 0.516. The Morgan fingerprint density at radius 1 is 1.13 bits per heavy atom. The first-order valence-corrected chi connectivity index (χ1v) is 8.29. The van der Waals surface area contributed by atoms with Gasteiger partial charge in [-0.2, -0.15) is 0 Å². The van der Waals surface area contributed by atoms with Crippen LogP contribution in [0, 0.1) is 13.8 Å². The number of aromatic nitrogens is 2. The fourth-order valence-electron chi connectivity index (χ4n) is 3.06. The van der Waals surface area contributed by atoms with Crippen LogP contribution in [0.1, 0.15) is 48.4 Å². The molecule has 3 aromatic rings. The predicted molar refractivity (Wildman–Crippen MR) is 94.6 cm³/mol. The number of fused-ring (bicyclic) bond motifs is 1. The lowest BCUT2D eigenvalue weighted by Gasteiger charge is -2.15. The van der Waals surface area contributed by atoms with Crippen molar-refractivity contribution in [1.82, 2.24) is 9.55 Å². The van der Waals surface area contributed by atoms with Crippen molar-refractivity contribution >= 4 is 11.0 Å². The Morgan fingerprint density at radius 3 is 2.70 bits per heavy atom. The van der Waals surface area contributed by atoms with Gasteiger partial charge in [0, 0.05) is 6.54 Å². The molecule has 1 unspecified atom stereocenters. The molecule has 0 saturated heterocycles. The van der Waals surface area contributed by atoms with Crippen LogP contribution in [-0.4, -0.2) is 14.7 Å². The number of aliphatic hydroxyl groups is 1. The highest BCUT2D eigenvalue weighted by molar-refractivity contribution is 5.76. The average molecular weight is 308 g/mol. The third-order valence-corrected chi connectivity index (χ3v) is 4.38. The summed E-state index contributed by atoms with van der Waals surface area (Å²) in [4.78, 5) is 4.69. The van der Waals surface area contributed by atoms with Gasteiger partial charge in [0.2, 0.25) is 0 Å². The topological polar surface area (TPSA) is 38.1 Å². The Bertz CT molecular complexity index is 820. The number of nitrogens with zero attached hydrogens (tertiary/aromatic N) is 2. The molecule has 120 valence electrons. The Balaban J connectivity index is 2.10. The number of hydrogen-bond donors (Lipinski definition) is 1. The van der Waals surface area contributed by atoms with Gasteiger partial charge in [-0.3, -0.25) is 0 Å². The van der Waals surface area contributed by atoms with E-state index in [9.17, 15) is 5.11 Å². The summed E-state index contributed by atoms with van der Waals surface area (Å²) < 4.78 is 2.16. The Labute approximate surface area is 137 Å². The first-order chi connectivity index (χ1) is 11.1. The molecule has 0 aliphatic heterocycles. The number of rotatable bonds is 5. The van der Waals surface area contributed by atoms with E-state index in [4.69, 9.17) is 4.98 Å². The standard InChI is InChI=1S/C20H24N2O/c1-4-7-19(23)20-21-17-8-5-6-9-18(17)22(20)13-16-12-14(2)10-11-15(16)3/h5-6,8-12,19,23H,4,7,13H2,1-3H3. The maximum absolute atomic E-state index is 10.5. The van der Waals surface area contributed by atoms with E-state index in [1.165, 1.54) is 16.7 Å². The molecule has 1 N–H and O–H groups in total.